The van der Waals surface area contributed by atoms with Gasteiger partial charge in [-0.1, -0.05) is 44.2 Å². The number of hydrogen-bond acceptors (Lipinski definition) is 5. The normalized spacial score (nSPS) is 15.9. The van der Waals surface area contributed by atoms with Gasteiger partial charge in [-0.15, -0.1) is 0 Å². The zero-order valence-electron chi connectivity index (χ0n) is 21.1. The first kappa shape index (κ1) is 28.1. The molecular weight excluding hydrogens is 483 g/mol. The molecular formula is C28H32F3N3O3. The van der Waals surface area contributed by atoms with Crippen molar-refractivity contribution in [3.05, 3.63) is 83.2 Å². The van der Waals surface area contributed by atoms with Gasteiger partial charge in [0.05, 0.1) is 36.6 Å². The van der Waals surface area contributed by atoms with Crippen molar-refractivity contribution in [2.45, 2.75) is 52.1 Å². The van der Waals surface area contributed by atoms with Crippen LogP contribution in [0.5, 0.6) is 5.75 Å². The van der Waals surface area contributed by atoms with Crippen molar-refractivity contribution < 1.29 is 27.4 Å². The maximum atomic E-state index is 13.2. The van der Waals surface area contributed by atoms with Gasteiger partial charge in [-0.25, -0.2) is 0 Å². The Morgan fingerprint density at radius 2 is 1.89 bits per heavy atom. The van der Waals surface area contributed by atoms with Gasteiger partial charge in [0.25, 0.3) is 5.91 Å². The number of nitrogens with two attached hydrogens (primary N) is 1. The summed E-state index contributed by atoms with van der Waals surface area (Å²) < 4.78 is 50.7. The number of hydrogen-bond donors (Lipinski definition) is 2. The molecule has 2 heterocycles. The van der Waals surface area contributed by atoms with Crippen molar-refractivity contribution >= 4 is 5.91 Å². The number of benzene rings is 2. The number of aromatic nitrogens is 1. The Morgan fingerprint density at radius 3 is 2.51 bits per heavy atom. The van der Waals surface area contributed by atoms with Crippen molar-refractivity contribution in [3.8, 4) is 16.9 Å². The standard InChI is InChI=1S/C26H26F3N3O3.C2H6/c1-16(32-25(33)20-10-23(14-31-13-20)35-22-8-9-34-15-22)17-2-4-18(5-3-17)24-11-21(26(27,28)29)7-6-19(24)12-30;1-2/h2-7,10-11,13-14,16,22H,8-9,12,15,30H2,1H3,(H,32,33);1-2H3/t16?,22-;/m0./s1. The number of carbonyl (C=O) groups is 1. The maximum absolute atomic E-state index is 13.2. The van der Waals surface area contributed by atoms with Crippen molar-refractivity contribution in [1.29, 1.82) is 0 Å². The van der Waals surface area contributed by atoms with E-state index < -0.39 is 11.7 Å². The van der Waals surface area contributed by atoms with Gasteiger partial charge in [0, 0.05) is 19.2 Å². The molecule has 1 aliphatic heterocycles. The zero-order chi connectivity index (χ0) is 27.0. The van der Waals surface area contributed by atoms with Crippen LogP contribution >= 0.6 is 0 Å². The van der Waals surface area contributed by atoms with Crippen LogP contribution in [-0.2, 0) is 17.5 Å². The molecule has 6 nitrogen and oxygen atoms in total. The SMILES string of the molecule is CC.CC(NC(=O)c1cncc(O[C@H]2CCOC2)c1)c1ccc(-c2cc(C(F)(F)F)ccc2CN)cc1. The van der Waals surface area contributed by atoms with E-state index in [4.69, 9.17) is 15.2 Å². The fourth-order valence-corrected chi connectivity index (χ4v) is 3.92. The van der Waals surface area contributed by atoms with Gasteiger partial charge in [-0.2, -0.15) is 13.2 Å². The second kappa shape index (κ2) is 12.7. The summed E-state index contributed by atoms with van der Waals surface area (Å²) in [4.78, 5) is 16.9. The van der Waals surface area contributed by atoms with Crippen LogP contribution in [0, 0.1) is 0 Å². The van der Waals surface area contributed by atoms with E-state index in [1.165, 1.54) is 12.3 Å². The summed E-state index contributed by atoms with van der Waals surface area (Å²) in [6.45, 7) is 7.10. The molecule has 2 aromatic carbocycles. The third-order valence-corrected chi connectivity index (χ3v) is 5.89. The fraction of sp³-hybridized carbons (Fsp3) is 0.357. The lowest BCUT2D eigenvalue weighted by Crippen LogP contribution is -2.27. The summed E-state index contributed by atoms with van der Waals surface area (Å²) in [5, 5.41) is 2.92. The Hall–Kier alpha value is -3.43. The number of nitrogens with zero attached hydrogens (tertiary/aromatic N) is 1. The highest BCUT2D eigenvalue weighted by Gasteiger charge is 2.31. The van der Waals surface area contributed by atoms with Crippen LogP contribution in [0.3, 0.4) is 0 Å². The minimum atomic E-state index is -4.44. The van der Waals surface area contributed by atoms with Gasteiger partial charge >= 0.3 is 6.18 Å². The molecule has 1 aliphatic rings. The van der Waals surface area contributed by atoms with Crippen LogP contribution in [0.25, 0.3) is 11.1 Å². The lowest BCUT2D eigenvalue weighted by Gasteiger charge is -2.17. The highest BCUT2D eigenvalue weighted by atomic mass is 19.4. The average Bonchev–Trinajstić information content (AvgIpc) is 3.42. The van der Waals surface area contributed by atoms with E-state index in [-0.39, 0.29) is 24.6 Å². The second-order valence-corrected chi connectivity index (χ2v) is 8.40. The van der Waals surface area contributed by atoms with Gasteiger partial charge < -0.3 is 20.5 Å². The average molecular weight is 516 g/mol. The number of rotatable bonds is 7. The van der Waals surface area contributed by atoms with Crippen LogP contribution in [-0.4, -0.2) is 30.2 Å². The number of ether oxygens (including phenoxy) is 2. The number of amides is 1. The van der Waals surface area contributed by atoms with Crippen LogP contribution < -0.4 is 15.8 Å². The molecule has 3 aromatic rings. The minimum absolute atomic E-state index is 0.0517. The summed E-state index contributed by atoms with van der Waals surface area (Å²) in [7, 11) is 0. The molecule has 0 bridgehead atoms. The Labute approximate surface area is 215 Å². The Kier molecular flexibility index (Phi) is 9.66. The molecule has 3 N–H and O–H groups in total. The van der Waals surface area contributed by atoms with E-state index in [1.807, 2.05) is 20.8 Å². The van der Waals surface area contributed by atoms with Crippen molar-refractivity contribution in [1.82, 2.24) is 10.3 Å². The molecule has 4 rings (SSSR count). The molecule has 0 aliphatic carbocycles. The van der Waals surface area contributed by atoms with Crippen molar-refractivity contribution in [2.75, 3.05) is 13.2 Å². The third kappa shape index (κ3) is 7.30. The molecule has 9 heteroatoms. The molecule has 0 radical (unpaired) electrons. The smallest absolute Gasteiger partial charge is 0.416 e. The van der Waals surface area contributed by atoms with Gasteiger partial charge in [0.2, 0.25) is 0 Å². The van der Waals surface area contributed by atoms with Crippen molar-refractivity contribution in [3.63, 3.8) is 0 Å². The largest absolute Gasteiger partial charge is 0.486 e. The molecule has 1 saturated heterocycles. The van der Waals surface area contributed by atoms with E-state index in [2.05, 4.69) is 10.3 Å². The van der Waals surface area contributed by atoms with Crippen molar-refractivity contribution in [2.24, 2.45) is 5.73 Å². The molecule has 1 unspecified atom stereocenters. The molecule has 37 heavy (non-hydrogen) atoms. The van der Waals surface area contributed by atoms with E-state index in [0.717, 1.165) is 24.1 Å². The number of alkyl halides is 3. The number of carbonyl (C=O) groups excluding carboxylic acids is 1. The van der Waals surface area contributed by atoms with Crippen LogP contribution in [0.2, 0.25) is 0 Å². The first-order valence-electron chi connectivity index (χ1n) is 12.3. The van der Waals surface area contributed by atoms with Crippen LogP contribution in [0.4, 0.5) is 13.2 Å². The highest BCUT2D eigenvalue weighted by Crippen LogP contribution is 2.34. The van der Waals surface area contributed by atoms with E-state index in [0.29, 0.717) is 41.2 Å². The van der Waals surface area contributed by atoms with Gasteiger partial charge in [-0.05, 0) is 47.4 Å². The molecule has 198 valence electrons. The van der Waals surface area contributed by atoms with E-state index in [1.54, 1.807) is 36.5 Å². The predicted molar refractivity (Wildman–Crippen MR) is 136 cm³/mol. The Balaban J connectivity index is 0.00000186. The lowest BCUT2D eigenvalue weighted by atomic mass is 9.95. The van der Waals surface area contributed by atoms with Gasteiger partial charge in [-0.3, -0.25) is 9.78 Å². The summed E-state index contributed by atoms with van der Waals surface area (Å²) in [5.74, 6) is 0.187. The quantitative estimate of drug-likeness (QED) is 0.409. The minimum Gasteiger partial charge on any atom is -0.486 e. The summed E-state index contributed by atoms with van der Waals surface area (Å²) >= 11 is 0. The predicted octanol–water partition coefficient (Wildman–Crippen LogP) is 5.91. The maximum Gasteiger partial charge on any atom is 0.416 e. The second-order valence-electron chi connectivity index (χ2n) is 8.40. The topological polar surface area (TPSA) is 86.5 Å². The number of nitrogens with one attached hydrogen (secondary N) is 1. The lowest BCUT2D eigenvalue weighted by molar-refractivity contribution is -0.137. The fourth-order valence-electron chi connectivity index (χ4n) is 3.92. The van der Waals surface area contributed by atoms with E-state index in [9.17, 15) is 18.0 Å². The third-order valence-electron chi connectivity index (χ3n) is 5.89. The molecule has 0 saturated carbocycles. The van der Waals surface area contributed by atoms with Crippen LogP contribution in [0.1, 0.15) is 60.3 Å². The number of halogens is 3. The van der Waals surface area contributed by atoms with Gasteiger partial charge in [0.1, 0.15) is 11.9 Å². The number of pyridine rings is 1. The molecule has 0 spiro atoms. The van der Waals surface area contributed by atoms with E-state index >= 15 is 0 Å². The Bertz CT molecular complexity index is 1180. The Morgan fingerprint density at radius 1 is 1.16 bits per heavy atom. The van der Waals surface area contributed by atoms with Crippen LogP contribution in [0.15, 0.2) is 60.9 Å². The molecule has 1 aromatic heterocycles. The summed E-state index contributed by atoms with van der Waals surface area (Å²) in [6, 6.07) is 11.9. The zero-order valence-corrected chi connectivity index (χ0v) is 21.1. The summed E-state index contributed by atoms with van der Waals surface area (Å²) in [5.41, 5.74) is 7.84. The van der Waals surface area contributed by atoms with Gasteiger partial charge in [0.15, 0.2) is 0 Å². The molecule has 1 fully saturated rings. The highest BCUT2D eigenvalue weighted by molar-refractivity contribution is 5.94. The first-order valence-corrected chi connectivity index (χ1v) is 12.3. The monoisotopic (exact) mass is 515 g/mol. The molecule has 1 amide bonds. The molecule has 2 atom stereocenters. The summed E-state index contributed by atoms with van der Waals surface area (Å²) in [6.07, 6.45) is -0.685. The first-order chi connectivity index (χ1) is 17.7.